The largest absolute Gasteiger partial charge is 0.481 e. The Kier molecular flexibility index (Phi) is 3.89. The van der Waals surface area contributed by atoms with Gasteiger partial charge >= 0.3 is 11.7 Å². The van der Waals surface area contributed by atoms with Gasteiger partial charge in [0.2, 0.25) is 5.82 Å². The Labute approximate surface area is 104 Å². The van der Waals surface area contributed by atoms with E-state index in [1.165, 1.54) is 10.9 Å². The van der Waals surface area contributed by atoms with Crippen LogP contribution in [0.25, 0.3) is 0 Å². The molecular formula is C10H16N4O4. The smallest absolute Gasteiger partial charge is 0.330 e. The summed E-state index contributed by atoms with van der Waals surface area (Å²) in [7, 11) is 1.56. The van der Waals surface area contributed by atoms with E-state index in [-0.39, 0.29) is 18.1 Å². The molecule has 0 radical (unpaired) electrons. The summed E-state index contributed by atoms with van der Waals surface area (Å²) in [6.07, 6.45) is 1.68. The van der Waals surface area contributed by atoms with Crippen molar-refractivity contribution in [3.63, 3.8) is 0 Å². The second-order valence-corrected chi connectivity index (χ2v) is 4.37. The molecule has 2 N–H and O–H groups in total. The van der Waals surface area contributed by atoms with Crippen molar-refractivity contribution in [2.45, 2.75) is 20.3 Å². The van der Waals surface area contributed by atoms with Crippen molar-refractivity contribution in [3.8, 4) is 0 Å². The fraction of sp³-hybridized carbons (Fsp3) is 0.600. The molecule has 1 unspecified atom stereocenters. The van der Waals surface area contributed by atoms with Gasteiger partial charge in [0, 0.05) is 13.6 Å². The molecular weight excluding hydrogens is 240 g/mol. The molecule has 0 bridgehead atoms. The van der Waals surface area contributed by atoms with Gasteiger partial charge in [-0.15, -0.1) is 5.10 Å². The monoisotopic (exact) mass is 256 g/mol. The van der Waals surface area contributed by atoms with Crippen molar-refractivity contribution in [2.75, 3.05) is 11.9 Å². The summed E-state index contributed by atoms with van der Waals surface area (Å²) in [5.41, 5.74) is -1.15. The summed E-state index contributed by atoms with van der Waals surface area (Å²) in [5, 5.41) is 26.5. The lowest BCUT2D eigenvalue weighted by Crippen LogP contribution is -2.34. The minimum Gasteiger partial charge on any atom is -0.481 e. The molecule has 100 valence electrons. The van der Waals surface area contributed by atoms with E-state index in [0.29, 0.717) is 6.42 Å². The lowest BCUT2D eigenvalue weighted by Gasteiger charge is -2.22. The first-order chi connectivity index (χ1) is 8.30. The van der Waals surface area contributed by atoms with Crippen LogP contribution in [0.1, 0.15) is 20.3 Å². The molecule has 18 heavy (non-hydrogen) atoms. The normalized spacial score (nSPS) is 13.9. The van der Waals surface area contributed by atoms with Crippen molar-refractivity contribution in [3.05, 3.63) is 16.3 Å². The number of hydrogen-bond donors (Lipinski definition) is 2. The number of aromatic nitrogens is 2. The molecule has 1 rings (SSSR count). The van der Waals surface area contributed by atoms with Gasteiger partial charge in [0.25, 0.3) is 0 Å². The van der Waals surface area contributed by atoms with Gasteiger partial charge in [-0.2, -0.15) is 0 Å². The average Bonchev–Trinajstić information content (AvgIpc) is 2.67. The van der Waals surface area contributed by atoms with Crippen molar-refractivity contribution >= 4 is 17.5 Å². The van der Waals surface area contributed by atoms with Crippen molar-refractivity contribution in [1.82, 2.24) is 9.78 Å². The third kappa shape index (κ3) is 2.76. The zero-order chi connectivity index (χ0) is 13.9. The number of anilines is 1. The Morgan fingerprint density at radius 3 is 2.78 bits per heavy atom. The first-order valence-electron chi connectivity index (χ1n) is 5.45. The lowest BCUT2D eigenvalue weighted by atomic mass is 9.88. The maximum atomic E-state index is 11.1. The van der Waals surface area contributed by atoms with Crippen molar-refractivity contribution < 1.29 is 14.8 Å². The van der Waals surface area contributed by atoms with Gasteiger partial charge < -0.3 is 10.4 Å². The van der Waals surface area contributed by atoms with E-state index < -0.39 is 16.3 Å². The van der Waals surface area contributed by atoms with Gasteiger partial charge in [-0.3, -0.25) is 19.6 Å². The Morgan fingerprint density at radius 1 is 1.72 bits per heavy atom. The molecule has 0 aliphatic rings. The summed E-state index contributed by atoms with van der Waals surface area (Å²) in [5.74, 6) is -0.862. The molecule has 0 aromatic carbocycles. The van der Waals surface area contributed by atoms with Crippen LogP contribution in [0.4, 0.5) is 11.5 Å². The number of carboxylic acid groups (broad SMARTS) is 1. The molecule has 0 saturated heterocycles. The quantitative estimate of drug-likeness (QED) is 0.585. The van der Waals surface area contributed by atoms with E-state index in [1.807, 2.05) is 0 Å². The molecule has 1 aromatic heterocycles. The zero-order valence-corrected chi connectivity index (χ0v) is 10.5. The molecule has 8 heteroatoms. The van der Waals surface area contributed by atoms with Gasteiger partial charge in [-0.05, 0) is 13.3 Å². The lowest BCUT2D eigenvalue weighted by molar-refractivity contribution is -0.384. The minimum atomic E-state index is -0.981. The highest BCUT2D eigenvalue weighted by Gasteiger charge is 2.32. The number of nitrogens with one attached hydrogen (secondary N) is 1. The van der Waals surface area contributed by atoms with E-state index in [9.17, 15) is 14.9 Å². The van der Waals surface area contributed by atoms with E-state index in [0.717, 1.165) is 0 Å². The Bertz CT molecular complexity index is 470. The number of nitro groups is 1. The molecule has 1 atom stereocenters. The molecule has 0 aliphatic heterocycles. The van der Waals surface area contributed by atoms with Gasteiger partial charge in [0.05, 0.1) is 10.3 Å². The first kappa shape index (κ1) is 13.9. The number of aliphatic carboxylic acids is 1. The van der Waals surface area contributed by atoms with Gasteiger partial charge in [0.1, 0.15) is 6.20 Å². The van der Waals surface area contributed by atoms with Gasteiger partial charge in [-0.1, -0.05) is 6.92 Å². The van der Waals surface area contributed by atoms with Crippen LogP contribution in [-0.2, 0) is 11.8 Å². The first-order valence-corrected chi connectivity index (χ1v) is 5.45. The zero-order valence-electron chi connectivity index (χ0n) is 10.5. The Hall–Kier alpha value is -2.12. The number of carboxylic acids is 1. The third-order valence-electron chi connectivity index (χ3n) is 2.95. The van der Waals surface area contributed by atoms with Crippen LogP contribution in [0.3, 0.4) is 0 Å². The molecule has 0 amide bonds. The summed E-state index contributed by atoms with van der Waals surface area (Å²) < 4.78 is 1.31. The average molecular weight is 256 g/mol. The predicted molar refractivity (Wildman–Crippen MR) is 64.4 cm³/mol. The maximum Gasteiger partial charge on any atom is 0.330 e. The van der Waals surface area contributed by atoms with Crippen molar-refractivity contribution in [1.29, 1.82) is 0 Å². The third-order valence-corrected chi connectivity index (χ3v) is 2.95. The SMILES string of the molecule is CCC(C)(CNc1nn(C)cc1[N+](=O)[O-])C(=O)O. The number of carbonyl (C=O) groups is 1. The van der Waals surface area contributed by atoms with Crippen LogP contribution in [0.2, 0.25) is 0 Å². The van der Waals surface area contributed by atoms with Crippen LogP contribution in [0, 0.1) is 15.5 Å². The molecule has 8 nitrogen and oxygen atoms in total. The molecule has 0 aliphatic carbocycles. The fourth-order valence-corrected chi connectivity index (χ4v) is 1.37. The van der Waals surface area contributed by atoms with Crippen LogP contribution >= 0.6 is 0 Å². The molecule has 0 fully saturated rings. The minimum absolute atomic E-state index is 0.0800. The van der Waals surface area contributed by atoms with Gasteiger partial charge in [-0.25, -0.2) is 0 Å². The number of hydrogen-bond acceptors (Lipinski definition) is 5. The standard InChI is InChI=1S/C10H16N4O4/c1-4-10(2,9(15)16)6-11-8-7(14(17)18)5-13(3)12-8/h5H,4,6H2,1-3H3,(H,11,12)(H,15,16). The maximum absolute atomic E-state index is 11.1. The van der Waals surface area contributed by atoms with E-state index >= 15 is 0 Å². The Balaban J connectivity index is 2.86. The van der Waals surface area contributed by atoms with Gasteiger partial charge in [0.15, 0.2) is 0 Å². The van der Waals surface area contributed by atoms with E-state index in [1.54, 1.807) is 20.9 Å². The second kappa shape index (κ2) is 5.03. The summed E-state index contributed by atoms with van der Waals surface area (Å²) in [6, 6.07) is 0. The topological polar surface area (TPSA) is 110 Å². The highest BCUT2D eigenvalue weighted by atomic mass is 16.6. The van der Waals surface area contributed by atoms with Crippen LogP contribution in [-0.4, -0.2) is 32.3 Å². The molecule has 0 saturated carbocycles. The van der Waals surface area contributed by atoms with Crippen LogP contribution in [0.5, 0.6) is 0 Å². The van der Waals surface area contributed by atoms with E-state index in [4.69, 9.17) is 5.11 Å². The number of aryl methyl sites for hydroxylation is 1. The predicted octanol–water partition coefficient (Wildman–Crippen LogP) is 1.24. The van der Waals surface area contributed by atoms with E-state index in [2.05, 4.69) is 10.4 Å². The second-order valence-electron chi connectivity index (χ2n) is 4.37. The Morgan fingerprint density at radius 2 is 2.33 bits per heavy atom. The highest BCUT2D eigenvalue weighted by molar-refractivity contribution is 5.75. The summed E-state index contributed by atoms with van der Waals surface area (Å²) >= 11 is 0. The van der Waals surface area contributed by atoms with Crippen molar-refractivity contribution in [2.24, 2.45) is 12.5 Å². The number of rotatable bonds is 6. The molecule has 0 spiro atoms. The molecule has 1 heterocycles. The summed E-state index contributed by atoms with van der Waals surface area (Å²) in [6.45, 7) is 3.41. The number of nitrogens with zero attached hydrogens (tertiary/aromatic N) is 3. The fourth-order valence-electron chi connectivity index (χ4n) is 1.37. The van der Waals surface area contributed by atoms with Crippen LogP contribution in [0.15, 0.2) is 6.20 Å². The highest BCUT2D eigenvalue weighted by Crippen LogP contribution is 2.26. The summed E-state index contributed by atoms with van der Waals surface area (Å²) in [4.78, 5) is 21.3. The van der Waals surface area contributed by atoms with Crippen LogP contribution < -0.4 is 5.32 Å². The molecule has 1 aromatic rings.